The highest BCUT2D eigenvalue weighted by Crippen LogP contribution is 2.46. The monoisotopic (exact) mass is 1130 g/mol. The van der Waals surface area contributed by atoms with Crippen LogP contribution in [0.4, 0.5) is 0 Å². The van der Waals surface area contributed by atoms with Crippen LogP contribution in [0.25, 0.3) is 0 Å². The number of hydrogen-bond donors (Lipinski definition) is 7. The van der Waals surface area contributed by atoms with E-state index in [4.69, 9.17) is 0 Å². The highest BCUT2D eigenvalue weighted by atomic mass is 16.3. The van der Waals surface area contributed by atoms with Crippen LogP contribution in [0.15, 0.2) is 84.9 Å². The first-order valence-electron chi connectivity index (χ1n) is 30.3. The third kappa shape index (κ3) is 13.5. The molecule has 1 aliphatic rings. The zero-order valence-electron chi connectivity index (χ0n) is 54.7. The van der Waals surface area contributed by atoms with E-state index < -0.39 is 0 Å². The van der Waals surface area contributed by atoms with Gasteiger partial charge >= 0.3 is 0 Å². The first kappa shape index (κ1) is 63.2. The summed E-state index contributed by atoms with van der Waals surface area (Å²) in [7, 11) is 0. The molecule has 0 saturated carbocycles. The summed E-state index contributed by atoms with van der Waals surface area (Å²) in [6.07, 6.45) is 1.46. The number of benzene rings is 7. The Balaban J connectivity index is 1.46. The van der Waals surface area contributed by atoms with Crippen LogP contribution in [0.1, 0.15) is 262 Å². The highest BCUT2D eigenvalue weighted by molar-refractivity contribution is 5.61. The summed E-state index contributed by atoms with van der Waals surface area (Å²) in [5.74, 6) is 0.613. The van der Waals surface area contributed by atoms with Gasteiger partial charge in [-0.3, -0.25) is 0 Å². The summed E-state index contributed by atoms with van der Waals surface area (Å²) >= 11 is 0. The van der Waals surface area contributed by atoms with E-state index in [-0.39, 0.29) is 123 Å². The van der Waals surface area contributed by atoms with Crippen LogP contribution in [0.3, 0.4) is 0 Å². The molecule has 0 fully saturated rings. The Morgan fingerprint density at radius 3 is 0.298 bits per heavy atom. The topological polar surface area (TPSA) is 142 Å². The van der Waals surface area contributed by atoms with Gasteiger partial charge in [-0.2, -0.15) is 0 Å². The second-order valence-electron chi connectivity index (χ2n) is 32.0. The normalized spacial score (nSPS) is 14.2. The number of phenolic OH excluding ortho intramolecular Hbond substituents is 7. The Morgan fingerprint density at radius 2 is 0.238 bits per heavy atom. The fourth-order valence-electron chi connectivity index (χ4n) is 11.7. The molecule has 0 heterocycles. The SMILES string of the molecule is CC(C)(C)c1cc2c(O)c(c1)Cc1cc(C(C)(C)C)cc(c1O)Cc1cc(C(C)(C)C)cc(c1O)Cc1cc(C(C)(C)C)cc(c1O)Cc1cc(C(C)(C)C)cc(c1O)Cc1cc(C(C)(C)C)cc(c1O)Cc1cc(C(C)(C)C)cc(c1O)C2. The predicted molar refractivity (Wildman–Crippen MR) is 347 cm³/mol. The van der Waals surface area contributed by atoms with Gasteiger partial charge in [0.05, 0.1) is 0 Å². The van der Waals surface area contributed by atoms with E-state index in [9.17, 15) is 35.7 Å². The molecule has 84 heavy (non-hydrogen) atoms. The van der Waals surface area contributed by atoms with Crippen molar-refractivity contribution in [1.82, 2.24) is 0 Å². The lowest BCUT2D eigenvalue weighted by Gasteiger charge is -2.27. The Labute approximate surface area is 503 Å². The smallest absolute Gasteiger partial charge is 0.122 e. The van der Waals surface area contributed by atoms with Crippen molar-refractivity contribution in [2.45, 2.75) is 228 Å². The Kier molecular flexibility index (Phi) is 16.5. The third-order valence-corrected chi connectivity index (χ3v) is 17.6. The lowest BCUT2D eigenvalue weighted by Crippen LogP contribution is -2.15. The Bertz CT molecular complexity index is 2840. The van der Waals surface area contributed by atoms with Gasteiger partial charge in [-0.15, -0.1) is 0 Å². The van der Waals surface area contributed by atoms with Gasteiger partial charge in [-0.25, -0.2) is 0 Å². The van der Waals surface area contributed by atoms with Crippen molar-refractivity contribution in [2.24, 2.45) is 0 Å². The first-order chi connectivity index (χ1) is 38.4. The summed E-state index contributed by atoms with van der Waals surface area (Å²) in [6, 6.07) is 28.6. The van der Waals surface area contributed by atoms with Gasteiger partial charge in [0, 0.05) is 44.9 Å². The van der Waals surface area contributed by atoms with E-state index in [1.165, 1.54) is 0 Å². The lowest BCUT2D eigenvalue weighted by molar-refractivity contribution is 0.450. The highest BCUT2D eigenvalue weighted by Gasteiger charge is 2.30. The fraction of sp³-hybridized carbons (Fsp3) is 0.455. The van der Waals surface area contributed by atoms with E-state index in [0.29, 0.717) is 77.9 Å². The molecule has 0 aromatic heterocycles. The minimum absolute atomic E-state index is 0.0876. The molecule has 14 bridgehead atoms. The van der Waals surface area contributed by atoms with Crippen molar-refractivity contribution in [1.29, 1.82) is 0 Å². The maximum atomic E-state index is 12.7. The summed E-state index contributed by atoms with van der Waals surface area (Å²) in [5.41, 5.74) is 13.6. The maximum absolute atomic E-state index is 12.7. The lowest BCUT2D eigenvalue weighted by atomic mass is 9.79. The minimum Gasteiger partial charge on any atom is -0.507 e. The number of hydrogen-bond acceptors (Lipinski definition) is 7. The van der Waals surface area contributed by atoms with Gasteiger partial charge in [0.2, 0.25) is 0 Å². The number of fused-ring (bicyclic) bond motifs is 14. The average Bonchev–Trinajstić information content (AvgIpc) is 2.09. The van der Waals surface area contributed by atoms with Crippen LogP contribution in [0.2, 0.25) is 0 Å². The molecule has 7 heteroatoms. The zero-order chi connectivity index (χ0) is 62.5. The number of rotatable bonds is 0. The molecule has 8 rings (SSSR count). The van der Waals surface area contributed by atoms with Gasteiger partial charge in [-0.1, -0.05) is 230 Å². The summed E-state index contributed by atoms with van der Waals surface area (Å²) in [5, 5.41) is 88.6. The van der Waals surface area contributed by atoms with Crippen LogP contribution in [0.5, 0.6) is 40.2 Å². The summed E-state index contributed by atoms with van der Waals surface area (Å²) in [6.45, 7) is 45.1. The van der Waals surface area contributed by atoms with Crippen molar-refractivity contribution < 1.29 is 35.7 Å². The van der Waals surface area contributed by atoms with E-state index >= 15 is 0 Å². The second kappa shape index (κ2) is 21.9. The predicted octanol–water partition coefficient (Wildman–Crippen LogP) is 18.2. The first-order valence-corrected chi connectivity index (χ1v) is 30.3. The molecule has 7 aromatic carbocycles. The molecule has 0 amide bonds. The molecule has 0 unspecified atom stereocenters. The molecule has 0 atom stereocenters. The van der Waals surface area contributed by atoms with Crippen LogP contribution >= 0.6 is 0 Å². The summed E-state index contributed by atoms with van der Waals surface area (Å²) in [4.78, 5) is 0. The van der Waals surface area contributed by atoms with Crippen LogP contribution in [-0.2, 0) is 82.9 Å². The standard InChI is InChI=1S/C77H98O7/c1-71(2,3)57-29-43-22-45-31-58(72(4,5)6)33-47(65(45)79)24-49-35-60(74(10,11)12)37-51(67(49)81)26-53-39-62(76(16,17)18)41-55(69(53)83)28-56-42-63(77(19,20)21)40-54(70(56)84)27-52-38-61(75(13,14)15)36-50(68(52)82)25-48-34-59(73(7,8)9)32-46(66(48)80)23-44(30-57)64(43)78/h29-42,78-84H,22-28H2,1-21H3. The minimum atomic E-state index is -0.337. The van der Waals surface area contributed by atoms with E-state index in [2.05, 4.69) is 145 Å². The average molecular weight is 1140 g/mol. The molecule has 0 saturated heterocycles. The molecule has 0 spiro atoms. The molecule has 7 aromatic rings. The third-order valence-electron chi connectivity index (χ3n) is 17.6. The molecule has 448 valence electrons. The van der Waals surface area contributed by atoms with Gasteiger partial charge in [0.15, 0.2) is 0 Å². The Hall–Kier alpha value is -6.86. The van der Waals surface area contributed by atoms with Crippen molar-refractivity contribution in [3.05, 3.63) is 202 Å². The number of aromatic hydroxyl groups is 7. The van der Waals surface area contributed by atoms with Gasteiger partial charge in [0.1, 0.15) is 40.2 Å². The van der Waals surface area contributed by atoms with Crippen LogP contribution in [-0.4, -0.2) is 35.7 Å². The van der Waals surface area contributed by atoms with Crippen LogP contribution < -0.4 is 0 Å². The Morgan fingerprint density at radius 1 is 0.167 bits per heavy atom. The van der Waals surface area contributed by atoms with Gasteiger partial charge < -0.3 is 35.7 Å². The fourth-order valence-corrected chi connectivity index (χ4v) is 11.7. The van der Waals surface area contributed by atoms with E-state index in [1.807, 2.05) is 84.9 Å². The summed E-state index contributed by atoms with van der Waals surface area (Å²) < 4.78 is 0. The largest absolute Gasteiger partial charge is 0.507 e. The number of phenols is 7. The quantitative estimate of drug-likeness (QED) is 0.0802. The molecular formula is C77H98O7. The van der Waals surface area contributed by atoms with Crippen molar-refractivity contribution in [2.75, 3.05) is 0 Å². The van der Waals surface area contributed by atoms with E-state index in [1.54, 1.807) is 0 Å². The molecule has 7 nitrogen and oxygen atoms in total. The molecule has 0 radical (unpaired) electrons. The van der Waals surface area contributed by atoms with Gasteiger partial charge in [0.25, 0.3) is 0 Å². The zero-order valence-corrected chi connectivity index (χ0v) is 54.7. The van der Waals surface area contributed by atoms with Crippen molar-refractivity contribution in [3.8, 4) is 40.2 Å². The maximum Gasteiger partial charge on any atom is 0.122 e. The van der Waals surface area contributed by atoms with Gasteiger partial charge in [-0.05, 0) is 155 Å². The van der Waals surface area contributed by atoms with Crippen molar-refractivity contribution >= 4 is 0 Å². The van der Waals surface area contributed by atoms with Crippen molar-refractivity contribution in [3.63, 3.8) is 0 Å². The second-order valence-corrected chi connectivity index (χ2v) is 32.0. The van der Waals surface area contributed by atoms with E-state index in [0.717, 1.165) is 38.9 Å². The van der Waals surface area contributed by atoms with Crippen LogP contribution in [0, 0.1) is 0 Å². The molecule has 1 aliphatic carbocycles. The molecular weight excluding hydrogens is 1040 g/mol. The molecule has 0 aliphatic heterocycles. The molecule has 7 N–H and O–H groups in total.